The van der Waals surface area contributed by atoms with Gasteiger partial charge in [0.05, 0.1) is 6.54 Å². The Kier molecular flexibility index (Phi) is 8.67. The SMILES string of the molecule is CCCCCCNC(=NCC(C)N(C)C1CC1)NCC. The highest BCUT2D eigenvalue weighted by molar-refractivity contribution is 5.79. The fourth-order valence-corrected chi connectivity index (χ4v) is 2.29. The highest BCUT2D eigenvalue weighted by Crippen LogP contribution is 2.26. The van der Waals surface area contributed by atoms with E-state index in [0.717, 1.165) is 31.6 Å². The highest BCUT2D eigenvalue weighted by atomic mass is 15.2. The van der Waals surface area contributed by atoms with Crippen LogP contribution in [0.2, 0.25) is 0 Å². The molecule has 0 heterocycles. The Morgan fingerprint density at radius 1 is 1.20 bits per heavy atom. The molecule has 0 aromatic heterocycles. The van der Waals surface area contributed by atoms with Gasteiger partial charge in [0.25, 0.3) is 0 Å². The third-order valence-electron chi connectivity index (χ3n) is 4.00. The number of unbranched alkanes of at least 4 members (excludes halogenated alkanes) is 3. The van der Waals surface area contributed by atoms with Crippen molar-refractivity contribution in [2.75, 3.05) is 26.7 Å². The lowest BCUT2D eigenvalue weighted by molar-refractivity contribution is 0.253. The molecule has 0 radical (unpaired) electrons. The predicted octanol–water partition coefficient (Wildman–Crippen LogP) is 2.60. The number of nitrogens with one attached hydrogen (secondary N) is 2. The molecule has 4 heteroatoms. The third-order valence-corrected chi connectivity index (χ3v) is 4.00. The van der Waals surface area contributed by atoms with Crippen molar-refractivity contribution in [1.29, 1.82) is 0 Å². The first-order valence-electron chi connectivity index (χ1n) is 8.43. The molecular formula is C16H34N4. The van der Waals surface area contributed by atoms with E-state index in [0.29, 0.717) is 6.04 Å². The molecule has 0 aromatic carbocycles. The first kappa shape index (κ1) is 17.3. The maximum atomic E-state index is 4.72. The second kappa shape index (κ2) is 10.0. The quantitative estimate of drug-likeness (QED) is 0.367. The number of nitrogens with zero attached hydrogens (tertiary/aromatic N) is 2. The molecular weight excluding hydrogens is 248 g/mol. The van der Waals surface area contributed by atoms with Crippen molar-refractivity contribution in [3.63, 3.8) is 0 Å². The number of likely N-dealkylation sites (N-methyl/N-ethyl adjacent to an activating group) is 1. The molecule has 0 saturated heterocycles. The van der Waals surface area contributed by atoms with E-state index in [-0.39, 0.29) is 0 Å². The van der Waals surface area contributed by atoms with Gasteiger partial charge >= 0.3 is 0 Å². The Morgan fingerprint density at radius 3 is 2.55 bits per heavy atom. The number of hydrogen-bond acceptors (Lipinski definition) is 2. The summed E-state index contributed by atoms with van der Waals surface area (Å²) in [7, 11) is 2.23. The average Bonchev–Trinajstić information content (AvgIpc) is 3.27. The maximum Gasteiger partial charge on any atom is 0.191 e. The van der Waals surface area contributed by atoms with Gasteiger partial charge in [-0.3, -0.25) is 9.89 Å². The standard InChI is InChI=1S/C16H34N4/c1-5-7-8-9-12-18-16(17-6-2)19-13-14(3)20(4)15-10-11-15/h14-15H,5-13H2,1-4H3,(H2,17,18,19). The van der Waals surface area contributed by atoms with E-state index >= 15 is 0 Å². The number of hydrogen-bond donors (Lipinski definition) is 2. The van der Waals surface area contributed by atoms with Gasteiger partial charge in [-0.25, -0.2) is 0 Å². The van der Waals surface area contributed by atoms with Crippen molar-refractivity contribution in [1.82, 2.24) is 15.5 Å². The van der Waals surface area contributed by atoms with Gasteiger partial charge in [0.1, 0.15) is 0 Å². The first-order valence-corrected chi connectivity index (χ1v) is 8.43. The molecule has 1 unspecified atom stereocenters. The molecule has 1 fully saturated rings. The molecule has 0 bridgehead atoms. The molecule has 1 saturated carbocycles. The largest absolute Gasteiger partial charge is 0.357 e. The highest BCUT2D eigenvalue weighted by Gasteiger charge is 2.28. The van der Waals surface area contributed by atoms with Gasteiger partial charge in [-0.1, -0.05) is 26.2 Å². The Labute approximate surface area is 125 Å². The fraction of sp³-hybridized carbons (Fsp3) is 0.938. The summed E-state index contributed by atoms with van der Waals surface area (Å²) in [6.45, 7) is 9.46. The summed E-state index contributed by atoms with van der Waals surface area (Å²) in [5.74, 6) is 0.972. The second-order valence-corrected chi connectivity index (χ2v) is 5.95. The number of guanidine groups is 1. The zero-order valence-electron chi connectivity index (χ0n) is 13.9. The molecule has 0 spiro atoms. The van der Waals surface area contributed by atoms with Gasteiger partial charge in [0, 0.05) is 25.2 Å². The molecule has 4 nitrogen and oxygen atoms in total. The van der Waals surface area contributed by atoms with Crippen molar-refractivity contribution in [2.45, 2.75) is 71.4 Å². The van der Waals surface area contributed by atoms with Crippen LogP contribution in [0.1, 0.15) is 59.3 Å². The minimum absolute atomic E-state index is 0.526. The lowest BCUT2D eigenvalue weighted by Crippen LogP contribution is -2.40. The molecule has 1 rings (SSSR count). The molecule has 0 aromatic rings. The minimum atomic E-state index is 0.526. The normalized spacial score (nSPS) is 17.4. The van der Waals surface area contributed by atoms with E-state index in [9.17, 15) is 0 Å². The molecule has 1 aliphatic rings. The molecule has 118 valence electrons. The molecule has 0 amide bonds. The second-order valence-electron chi connectivity index (χ2n) is 5.95. The van der Waals surface area contributed by atoms with Crippen LogP contribution in [-0.4, -0.2) is 49.6 Å². The zero-order chi connectivity index (χ0) is 14.8. The van der Waals surface area contributed by atoms with Crippen LogP contribution in [0.4, 0.5) is 0 Å². The van der Waals surface area contributed by atoms with E-state index in [1.807, 2.05) is 0 Å². The van der Waals surface area contributed by atoms with Crippen LogP contribution < -0.4 is 10.6 Å². The van der Waals surface area contributed by atoms with Gasteiger partial charge in [0.2, 0.25) is 0 Å². The van der Waals surface area contributed by atoms with E-state index in [1.165, 1.54) is 38.5 Å². The summed E-state index contributed by atoms with van der Waals surface area (Å²) < 4.78 is 0. The van der Waals surface area contributed by atoms with Crippen molar-refractivity contribution in [3.05, 3.63) is 0 Å². The summed E-state index contributed by atoms with van der Waals surface area (Å²) in [6, 6.07) is 1.34. The summed E-state index contributed by atoms with van der Waals surface area (Å²) in [4.78, 5) is 7.18. The van der Waals surface area contributed by atoms with E-state index in [1.54, 1.807) is 0 Å². The molecule has 0 aliphatic heterocycles. The summed E-state index contributed by atoms with van der Waals surface area (Å²) in [6.07, 6.45) is 7.89. The van der Waals surface area contributed by atoms with E-state index in [4.69, 9.17) is 4.99 Å². The third kappa shape index (κ3) is 7.13. The van der Waals surface area contributed by atoms with Crippen molar-refractivity contribution < 1.29 is 0 Å². The Bertz CT molecular complexity index is 274. The van der Waals surface area contributed by atoms with Crippen LogP contribution in [0, 0.1) is 0 Å². The summed E-state index contributed by atoms with van der Waals surface area (Å²) >= 11 is 0. The van der Waals surface area contributed by atoms with Crippen LogP contribution in [0.5, 0.6) is 0 Å². The fourth-order valence-electron chi connectivity index (χ4n) is 2.29. The van der Waals surface area contributed by atoms with Crippen molar-refractivity contribution in [2.24, 2.45) is 4.99 Å². The van der Waals surface area contributed by atoms with Gasteiger partial charge in [0.15, 0.2) is 5.96 Å². The first-order chi connectivity index (χ1) is 9.69. The Hall–Kier alpha value is -0.770. The lowest BCUT2D eigenvalue weighted by Gasteiger charge is -2.23. The zero-order valence-corrected chi connectivity index (χ0v) is 13.9. The molecule has 2 N–H and O–H groups in total. The van der Waals surface area contributed by atoms with Crippen LogP contribution in [0.25, 0.3) is 0 Å². The monoisotopic (exact) mass is 282 g/mol. The van der Waals surface area contributed by atoms with Crippen LogP contribution >= 0.6 is 0 Å². The van der Waals surface area contributed by atoms with Crippen LogP contribution in [0.3, 0.4) is 0 Å². The Morgan fingerprint density at radius 2 is 1.95 bits per heavy atom. The van der Waals surface area contributed by atoms with Crippen molar-refractivity contribution >= 4 is 5.96 Å². The van der Waals surface area contributed by atoms with Crippen LogP contribution in [-0.2, 0) is 0 Å². The molecule has 20 heavy (non-hydrogen) atoms. The average molecular weight is 282 g/mol. The predicted molar refractivity (Wildman–Crippen MR) is 88.4 cm³/mol. The molecule has 1 atom stereocenters. The van der Waals surface area contributed by atoms with Gasteiger partial charge in [-0.05, 0) is 40.2 Å². The van der Waals surface area contributed by atoms with Crippen molar-refractivity contribution in [3.8, 4) is 0 Å². The number of aliphatic imine (C=N–C) groups is 1. The molecule has 1 aliphatic carbocycles. The summed E-state index contributed by atoms with van der Waals surface area (Å²) in [5, 5.41) is 6.77. The summed E-state index contributed by atoms with van der Waals surface area (Å²) in [5.41, 5.74) is 0. The van der Waals surface area contributed by atoms with E-state index < -0.39 is 0 Å². The Balaban J connectivity index is 2.25. The van der Waals surface area contributed by atoms with E-state index in [2.05, 4.69) is 43.4 Å². The van der Waals surface area contributed by atoms with Gasteiger partial charge in [-0.2, -0.15) is 0 Å². The van der Waals surface area contributed by atoms with Gasteiger partial charge in [-0.15, -0.1) is 0 Å². The smallest absolute Gasteiger partial charge is 0.191 e. The topological polar surface area (TPSA) is 39.7 Å². The minimum Gasteiger partial charge on any atom is -0.357 e. The maximum absolute atomic E-state index is 4.72. The number of rotatable bonds is 10. The lowest BCUT2D eigenvalue weighted by atomic mass is 10.2. The van der Waals surface area contributed by atoms with Crippen LogP contribution in [0.15, 0.2) is 4.99 Å². The van der Waals surface area contributed by atoms with Gasteiger partial charge < -0.3 is 10.6 Å².